The number of nitrogens with zero attached hydrogens (tertiary/aromatic N) is 3. The Morgan fingerprint density at radius 2 is 2.00 bits per heavy atom. The second-order valence-electron chi connectivity index (χ2n) is 5.85. The van der Waals surface area contributed by atoms with Gasteiger partial charge in [0.15, 0.2) is 0 Å². The number of pyridine rings is 1. The molecule has 0 amide bonds. The summed E-state index contributed by atoms with van der Waals surface area (Å²) in [7, 11) is 0. The Balaban J connectivity index is 1.98. The van der Waals surface area contributed by atoms with Gasteiger partial charge >= 0.3 is 6.18 Å². The molecule has 1 N–H and O–H groups in total. The number of anilines is 2. The van der Waals surface area contributed by atoms with Crippen LogP contribution in [0.3, 0.4) is 0 Å². The molecule has 2 aromatic heterocycles. The summed E-state index contributed by atoms with van der Waals surface area (Å²) in [5.41, 5.74) is -0.259. The van der Waals surface area contributed by atoms with Crippen LogP contribution in [0.1, 0.15) is 25.3 Å². The van der Waals surface area contributed by atoms with Crippen molar-refractivity contribution in [2.75, 3.05) is 5.32 Å². The molecule has 0 atom stereocenters. The van der Waals surface area contributed by atoms with Gasteiger partial charge in [0.25, 0.3) is 5.56 Å². The molecule has 0 spiro atoms. The summed E-state index contributed by atoms with van der Waals surface area (Å²) in [6, 6.07) is 7.88. The smallest absolute Gasteiger partial charge is 0.324 e. The van der Waals surface area contributed by atoms with Crippen LogP contribution in [0.15, 0.2) is 47.4 Å². The second kappa shape index (κ2) is 7.15. The van der Waals surface area contributed by atoms with Gasteiger partial charge in [-0.3, -0.25) is 9.36 Å². The van der Waals surface area contributed by atoms with Crippen molar-refractivity contribution < 1.29 is 13.2 Å². The van der Waals surface area contributed by atoms with E-state index in [9.17, 15) is 18.0 Å². The molecule has 5 nitrogen and oxygen atoms in total. The Morgan fingerprint density at radius 1 is 1.19 bits per heavy atom. The largest absolute Gasteiger partial charge is 0.416 e. The summed E-state index contributed by atoms with van der Waals surface area (Å²) in [4.78, 5) is 20.6. The predicted molar refractivity (Wildman–Crippen MR) is 93.4 cm³/mol. The lowest BCUT2D eigenvalue weighted by atomic mass is 10.2. The predicted octanol–water partition coefficient (Wildman–Crippen LogP) is 4.35. The van der Waals surface area contributed by atoms with Crippen molar-refractivity contribution in [3.63, 3.8) is 0 Å². The van der Waals surface area contributed by atoms with Crippen LogP contribution in [0.5, 0.6) is 0 Å². The maximum atomic E-state index is 12.8. The summed E-state index contributed by atoms with van der Waals surface area (Å²) in [6.07, 6.45) is -1.15. The summed E-state index contributed by atoms with van der Waals surface area (Å²) in [5.74, 6) is 0.132. The zero-order valence-corrected chi connectivity index (χ0v) is 14.0. The van der Waals surface area contributed by atoms with Gasteiger partial charge in [-0.15, -0.1) is 0 Å². The normalized spacial score (nSPS) is 11.7. The fourth-order valence-corrected chi connectivity index (χ4v) is 2.57. The number of hydrogen-bond acceptors (Lipinski definition) is 4. The van der Waals surface area contributed by atoms with Crippen LogP contribution in [0, 0.1) is 0 Å². The molecule has 0 fully saturated rings. The average Bonchev–Trinajstić information content (AvgIpc) is 2.60. The number of unbranched alkanes of at least 4 members (excludes halogenated alkanes) is 1. The lowest BCUT2D eigenvalue weighted by Gasteiger charge is -2.12. The molecule has 1 aromatic carbocycles. The van der Waals surface area contributed by atoms with Crippen molar-refractivity contribution in [2.24, 2.45) is 0 Å². The van der Waals surface area contributed by atoms with E-state index in [0.29, 0.717) is 17.6 Å². The van der Waals surface area contributed by atoms with Crippen LogP contribution in [-0.4, -0.2) is 14.5 Å². The van der Waals surface area contributed by atoms with Gasteiger partial charge in [0.05, 0.1) is 5.56 Å². The number of nitrogens with one attached hydrogen (secondary N) is 1. The number of alkyl halides is 3. The first-order chi connectivity index (χ1) is 12.4. The molecule has 0 saturated heterocycles. The average molecular weight is 362 g/mol. The first-order valence-electron chi connectivity index (χ1n) is 8.19. The van der Waals surface area contributed by atoms with Crippen molar-refractivity contribution in [3.05, 3.63) is 58.5 Å². The highest BCUT2D eigenvalue weighted by Gasteiger charge is 2.30. The molecule has 3 rings (SSSR count). The van der Waals surface area contributed by atoms with Gasteiger partial charge in [-0.05, 0) is 30.7 Å². The van der Waals surface area contributed by atoms with Crippen molar-refractivity contribution in [3.8, 4) is 0 Å². The van der Waals surface area contributed by atoms with Crippen molar-refractivity contribution >= 4 is 22.7 Å². The molecule has 0 aliphatic carbocycles. The first-order valence-corrected chi connectivity index (χ1v) is 8.19. The molecule has 0 unspecified atom stereocenters. The van der Waals surface area contributed by atoms with E-state index >= 15 is 0 Å². The topological polar surface area (TPSA) is 59.8 Å². The van der Waals surface area contributed by atoms with Crippen LogP contribution < -0.4 is 10.9 Å². The SMILES string of the molecule is CCCCn1c(=O)ccc2cnc(Nc3cccc(C(F)(F)F)c3)nc21. The minimum Gasteiger partial charge on any atom is -0.324 e. The maximum absolute atomic E-state index is 12.8. The quantitative estimate of drug-likeness (QED) is 0.733. The third-order valence-corrected chi connectivity index (χ3v) is 3.90. The molecular weight excluding hydrogens is 345 g/mol. The van der Waals surface area contributed by atoms with Crippen LogP contribution in [0.2, 0.25) is 0 Å². The van der Waals surface area contributed by atoms with E-state index in [4.69, 9.17) is 0 Å². The molecule has 136 valence electrons. The number of hydrogen-bond donors (Lipinski definition) is 1. The zero-order chi connectivity index (χ0) is 18.7. The third kappa shape index (κ3) is 3.84. The van der Waals surface area contributed by atoms with Crippen molar-refractivity contribution in [2.45, 2.75) is 32.5 Å². The monoisotopic (exact) mass is 362 g/mol. The minimum absolute atomic E-state index is 0.132. The van der Waals surface area contributed by atoms with E-state index < -0.39 is 11.7 Å². The van der Waals surface area contributed by atoms with E-state index in [0.717, 1.165) is 25.0 Å². The number of aryl methyl sites for hydroxylation is 1. The third-order valence-electron chi connectivity index (χ3n) is 3.90. The maximum Gasteiger partial charge on any atom is 0.416 e. The van der Waals surface area contributed by atoms with E-state index in [1.807, 2.05) is 6.92 Å². The van der Waals surface area contributed by atoms with E-state index in [2.05, 4.69) is 15.3 Å². The fourth-order valence-electron chi connectivity index (χ4n) is 2.57. The molecule has 8 heteroatoms. The number of rotatable bonds is 5. The van der Waals surface area contributed by atoms with Crippen molar-refractivity contribution in [1.29, 1.82) is 0 Å². The van der Waals surface area contributed by atoms with Gasteiger partial charge in [0.1, 0.15) is 5.65 Å². The Hall–Kier alpha value is -2.90. The number of aromatic nitrogens is 3. The van der Waals surface area contributed by atoms with Crippen LogP contribution in [-0.2, 0) is 12.7 Å². The Labute approximate surface area is 147 Å². The fraction of sp³-hybridized carbons (Fsp3) is 0.278. The van der Waals surface area contributed by atoms with Gasteiger partial charge < -0.3 is 5.32 Å². The molecule has 0 saturated carbocycles. The standard InChI is InChI=1S/C18H17F3N4O/c1-2-3-9-25-15(26)8-7-12-11-22-17(24-16(12)25)23-14-6-4-5-13(10-14)18(19,20)21/h4-8,10-11H,2-3,9H2,1H3,(H,22,23,24). The van der Waals surface area contributed by atoms with Gasteiger partial charge in [-0.25, -0.2) is 4.98 Å². The highest BCUT2D eigenvalue weighted by atomic mass is 19.4. The summed E-state index contributed by atoms with van der Waals surface area (Å²) < 4.78 is 40.1. The molecule has 26 heavy (non-hydrogen) atoms. The van der Waals surface area contributed by atoms with Crippen molar-refractivity contribution in [1.82, 2.24) is 14.5 Å². The molecular formula is C18H17F3N4O. The van der Waals surface area contributed by atoms with Crippen LogP contribution >= 0.6 is 0 Å². The van der Waals surface area contributed by atoms with Gasteiger partial charge in [-0.2, -0.15) is 18.2 Å². The summed E-state index contributed by atoms with van der Waals surface area (Å²) in [5, 5.41) is 3.46. The number of fused-ring (bicyclic) bond motifs is 1. The molecule has 0 bridgehead atoms. The summed E-state index contributed by atoms with van der Waals surface area (Å²) >= 11 is 0. The number of benzene rings is 1. The van der Waals surface area contributed by atoms with E-state index in [-0.39, 0.29) is 17.2 Å². The Morgan fingerprint density at radius 3 is 2.73 bits per heavy atom. The Kier molecular flexibility index (Phi) is 4.92. The van der Waals surface area contributed by atoms with Crippen LogP contribution in [0.4, 0.5) is 24.8 Å². The second-order valence-corrected chi connectivity index (χ2v) is 5.85. The molecule has 0 aliphatic heterocycles. The Bertz CT molecular complexity index is 982. The molecule has 2 heterocycles. The lowest BCUT2D eigenvalue weighted by Crippen LogP contribution is -2.20. The van der Waals surface area contributed by atoms with E-state index in [1.165, 1.54) is 18.2 Å². The first kappa shape index (κ1) is 17.9. The minimum atomic E-state index is -4.43. The van der Waals surface area contributed by atoms with E-state index in [1.54, 1.807) is 16.8 Å². The molecule has 0 radical (unpaired) electrons. The number of halogens is 3. The summed E-state index contributed by atoms with van der Waals surface area (Å²) in [6.45, 7) is 2.54. The lowest BCUT2D eigenvalue weighted by molar-refractivity contribution is -0.137. The van der Waals surface area contributed by atoms with Gasteiger partial charge in [-0.1, -0.05) is 19.4 Å². The molecule has 3 aromatic rings. The highest BCUT2D eigenvalue weighted by molar-refractivity contribution is 5.75. The van der Waals surface area contributed by atoms with Gasteiger partial charge in [0.2, 0.25) is 5.95 Å². The highest BCUT2D eigenvalue weighted by Crippen LogP contribution is 2.31. The van der Waals surface area contributed by atoms with Crippen LogP contribution in [0.25, 0.3) is 11.0 Å². The molecule has 0 aliphatic rings. The van der Waals surface area contributed by atoms with Gasteiger partial charge in [0, 0.05) is 29.9 Å². The zero-order valence-electron chi connectivity index (χ0n) is 14.0.